The smallest absolute Gasteiger partial charge is 0.263 e. The van der Waals surface area contributed by atoms with Crippen molar-refractivity contribution in [3.8, 4) is 34.6 Å². The predicted octanol–water partition coefficient (Wildman–Crippen LogP) is 4.72. The largest absolute Gasteiger partial charge is 0.497 e. The zero-order valence-corrected chi connectivity index (χ0v) is 19.2. The lowest BCUT2D eigenvalue weighted by Gasteiger charge is -2.33. The van der Waals surface area contributed by atoms with Crippen LogP contribution in [0.1, 0.15) is 5.56 Å². The summed E-state index contributed by atoms with van der Waals surface area (Å²) in [6.07, 6.45) is 0. The predicted molar refractivity (Wildman–Crippen MR) is 132 cm³/mol. The molecule has 1 aromatic heterocycles. The molecule has 0 aliphatic carbocycles. The van der Waals surface area contributed by atoms with Gasteiger partial charge in [0.25, 0.3) is 5.88 Å². The normalized spacial score (nSPS) is 14.1. The molecule has 170 valence electrons. The van der Waals surface area contributed by atoms with Gasteiger partial charge in [0.2, 0.25) is 0 Å². The minimum absolute atomic E-state index is 0.494. The van der Waals surface area contributed by atoms with Gasteiger partial charge in [0.1, 0.15) is 11.5 Å². The molecule has 0 radical (unpaired) electrons. The fourth-order valence-electron chi connectivity index (χ4n) is 3.99. The fraction of sp³-hybridized carbons (Fsp3) is 0.222. The number of ether oxygens (including phenoxy) is 2. The Morgan fingerprint density at radius 1 is 0.794 bits per heavy atom. The molecule has 34 heavy (non-hydrogen) atoms. The average Bonchev–Trinajstić information content (AvgIpc) is 2.89. The Balaban J connectivity index is 1.46. The topological polar surface area (TPSA) is 74.5 Å². The van der Waals surface area contributed by atoms with Crippen molar-refractivity contribution in [2.45, 2.75) is 0 Å². The summed E-state index contributed by atoms with van der Waals surface area (Å²) in [7, 11) is 3.77. The van der Waals surface area contributed by atoms with Crippen LogP contribution in [0.15, 0.2) is 66.7 Å². The summed E-state index contributed by atoms with van der Waals surface area (Å²) in [5, 5.41) is 9.01. The quantitative estimate of drug-likeness (QED) is 0.435. The molecule has 2 heterocycles. The van der Waals surface area contributed by atoms with E-state index in [2.05, 4.69) is 22.9 Å². The van der Waals surface area contributed by atoms with Gasteiger partial charge >= 0.3 is 0 Å². The maximum Gasteiger partial charge on any atom is 0.263 e. The number of piperazine rings is 1. The van der Waals surface area contributed by atoms with E-state index in [0.29, 0.717) is 17.2 Å². The van der Waals surface area contributed by atoms with Crippen LogP contribution in [0.3, 0.4) is 0 Å². The van der Waals surface area contributed by atoms with Crippen LogP contribution in [-0.4, -0.2) is 55.2 Å². The maximum atomic E-state index is 9.01. The van der Waals surface area contributed by atoms with Gasteiger partial charge in [-0.1, -0.05) is 24.3 Å². The van der Waals surface area contributed by atoms with Gasteiger partial charge in [-0.05, 0) is 54.6 Å². The molecule has 1 fully saturated rings. The van der Waals surface area contributed by atoms with Crippen LogP contribution in [0.4, 0.5) is 5.82 Å². The summed E-state index contributed by atoms with van der Waals surface area (Å²) < 4.78 is 11.7. The minimum Gasteiger partial charge on any atom is -0.497 e. The first kappa shape index (κ1) is 21.7. The SMILES string of the molecule is COc1ccc2nc(Oc3ccc(-c4ccc(C#N)cc4)cc3)c(N3CCN(C)CC3)nc2c1. The lowest BCUT2D eigenvalue weighted by Crippen LogP contribution is -2.45. The third kappa shape index (κ3) is 4.49. The second kappa shape index (κ2) is 9.38. The highest BCUT2D eigenvalue weighted by Gasteiger charge is 2.22. The van der Waals surface area contributed by atoms with Crippen LogP contribution in [0.5, 0.6) is 17.4 Å². The molecule has 1 saturated heterocycles. The van der Waals surface area contributed by atoms with Crippen molar-refractivity contribution < 1.29 is 9.47 Å². The van der Waals surface area contributed by atoms with Crippen molar-refractivity contribution in [3.63, 3.8) is 0 Å². The minimum atomic E-state index is 0.494. The first-order valence-corrected chi connectivity index (χ1v) is 11.2. The first-order valence-electron chi connectivity index (χ1n) is 11.2. The Kier molecular flexibility index (Phi) is 5.98. The van der Waals surface area contributed by atoms with Gasteiger partial charge in [-0.3, -0.25) is 0 Å². The summed E-state index contributed by atoms with van der Waals surface area (Å²) in [6.45, 7) is 3.62. The van der Waals surface area contributed by atoms with E-state index in [9.17, 15) is 0 Å². The van der Waals surface area contributed by atoms with Gasteiger partial charge in [-0.25, -0.2) is 9.97 Å². The lowest BCUT2D eigenvalue weighted by atomic mass is 10.0. The first-order chi connectivity index (χ1) is 16.6. The van der Waals surface area contributed by atoms with E-state index in [0.717, 1.165) is 59.9 Å². The number of likely N-dealkylation sites (N-methyl/N-ethyl adjacent to an activating group) is 1. The molecule has 1 aliphatic heterocycles. The standard InChI is InChI=1S/C27H25N5O2/c1-31-13-15-32(16-14-31)26-27(30-24-12-11-23(33-2)17-25(24)29-26)34-22-9-7-21(8-10-22)20-5-3-19(18-28)4-6-20/h3-12,17H,13-16H2,1-2H3. The van der Waals surface area contributed by atoms with E-state index in [1.807, 2.05) is 66.7 Å². The highest BCUT2D eigenvalue weighted by Crippen LogP contribution is 2.33. The molecule has 7 heteroatoms. The molecule has 4 aromatic rings. The molecular weight excluding hydrogens is 426 g/mol. The van der Waals surface area contributed by atoms with Crippen molar-refractivity contribution in [3.05, 3.63) is 72.3 Å². The molecule has 7 nitrogen and oxygen atoms in total. The van der Waals surface area contributed by atoms with E-state index in [4.69, 9.17) is 24.7 Å². The van der Waals surface area contributed by atoms with Crippen LogP contribution >= 0.6 is 0 Å². The molecule has 1 aliphatic rings. The summed E-state index contributed by atoms with van der Waals surface area (Å²) in [5.41, 5.74) is 4.27. The van der Waals surface area contributed by atoms with E-state index in [-0.39, 0.29) is 0 Å². The molecule has 0 saturated carbocycles. The molecule has 0 spiro atoms. The Morgan fingerprint density at radius 3 is 2.09 bits per heavy atom. The van der Waals surface area contributed by atoms with Crippen molar-refractivity contribution in [2.75, 3.05) is 45.2 Å². The Bertz CT molecular complexity index is 1340. The molecule has 5 rings (SSSR count). The van der Waals surface area contributed by atoms with E-state index in [1.54, 1.807) is 7.11 Å². The van der Waals surface area contributed by atoms with E-state index in [1.165, 1.54) is 0 Å². The van der Waals surface area contributed by atoms with Gasteiger partial charge < -0.3 is 19.3 Å². The monoisotopic (exact) mass is 451 g/mol. The number of fused-ring (bicyclic) bond motifs is 1. The molecule has 0 N–H and O–H groups in total. The zero-order chi connectivity index (χ0) is 23.5. The number of hydrogen-bond donors (Lipinski definition) is 0. The van der Waals surface area contributed by atoms with E-state index >= 15 is 0 Å². The maximum absolute atomic E-state index is 9.01. The third-order valence-corrected chi connectivity index (χ3v) is 6.04. The van der Waals surface area contributed by atoms with Crippen LogP contribution in [0, 0.1) is 11.3 Å². The van der Waals surface area contributed by atoms with Crippen molar-refractivity contribution in [2.24, 2.45) is 0 Å². The Hall–Kier alpha value is -4.15. The number of hydrogen-bond acceptors (Lipinski definition) is 7. The highest BCUT2D eigenvalue weighted by atomic mass is 16.5. The van der Waals surface area contributed by atoms with Crippen LogP contribution in [0.2, 0.25) is 0 Å². The lowest BCUT2D eigenvalue weighted by molar-refractivity contribution is 0.310. The molecule has 3 aromatic carbocycles. The van der Waals surface area contributed by atoms with E-state index < -0.39 is 0 Å². The van der Waals surface area contributed by atoms with Gasteiger partial charge in [0, 0.05) is 32.2 Å². The number of methoxy groups -OCH3 is 1. The molecule has 0 unspecified atom stereocenters. The summed E-state index contributed by atoms with van der Waals surface area (Å²) in [4.78, 5) is 14.3. The van der Waals surface area contributed by atoms with Gasteiger partial charge in [0.05, 0.1) is 29.8 Å². The fourth-order valence-corrected chi connectivity index (χ4v) is 3.99. The second-order valence-electron chi connectivity index (χ2n) is 8.31. The zero-order valence-electron chi connectivity index (χ0n) is 19.2. The Morgan fingerprint density at radius 2 is 1.44 bits per heavy atom. The molecule has 0 amide bonds. The van der Waals surface area contributed by atoms with Crippen LogP contribution in [0.25, 0.3) is 22.2 Å². The number of anilines is 1. The highest BCUT2D eigenvalue weighted by molar-refractivity contribution is 5.79. The van der Waals surface area contributed by atoms with Crippen LogP contribution < -0.4 is 14.4 Å². The molecule has 0 bridgehead atoms. The van der Waals surface area contributed by atoms with Gasteiger partial charge in [-0.15, -0.1) is 0 Å². The van der Waals surface area contributed by atoms with Crippen molar-refractivity contribution in [1.29, 1.82) is 5.26 Å². The van der Waals surface area contributed by atoms with Crippen molar-refractivity contribution in [1.82, 2.24) is 14.9 Å². The molecule has 0 atom stereocenters. The number of benzene rings is 3. The second-order valence-corrected chi connectivity index (χ2v) is 8.31. The number of aromatic nitrogens is 2. The van der Waals surface area contributed by atoms with Gasteiger partial charge in [-0.2, -0.15) is 5.26 Å². The third-order valence-electron chi connectivity index (χ3n) is 6.04. The molecular formula is C27H25N5O2. The summed E-state index contributed by atoms with van der Waals surface area (Å²) >= 11 is 0. The number of nitriles is 1. The number of rotatable bonds is 5. The van der Waals surface area contributed by atoms with Gasteiger partial charge in [0.15, 0.2) is 5.82 Å². The summed E-state index contributed by atoms with van der Waals surface area (Å²) in [6, 6.07) is 23.2. The Labute approximate surface area is 198 Å². The summed E-state index contributed by atoms with van der Waals surface area (Å²) in [5.74, 6) is 2.67. The van der Waals surface area contributed by atoms with Crippen molar-refractivity contribution >= 4 is 16.9 Å². The average molecular weight is 452 g/mol. The number of nitrogens with zero attached hydrogens (tertiary/aromatic N) is 5. The van der Waals surface area contributed by atoms with Crippen LogP contribution in [-0.2, 0) is 0 Å².